The minimum absolute atomic E-state index is 0.0594. The van der Waals surface area contributed by atoms with Crippen molar-refractivity contribution in [3.63, 3.8) is 0 Å². The van der Waals surface area contributed by atoms with E-state index in [1.807, 2.05) is 30.3 Å². The van der Waals surface area contributed by atoms with Crippen molar-refractivity contribution in [3.05, 3.63) is 35.9 Å². The molecule has 15 heavy (non-hydrogen) atoms. The normalized spacial score (nSPS) is 25.1. The Balaban J connectivity index is 1.98. The summed E-state index contributed by atoms with van der Waals surface area (Å²) in [5.74, 6) is 0.0594. The highest BCUT2D eigenvalue weighted by atomic mass is 127. The summed E-state index contributed by atoms with van der Waals surface area (Å²) in [4.78, 5) is 11.8. The quantitative estimate of drug-likeness (QED) is 0.660. The van der Waals surface area contributed by atoms with Crippen LogP contribution in [0.1, 0.15) is 29.6 Å². The highest BCUT2D eigenvalue weighted by molar-refractivity contribution is 14.1. The van der Waals surface area contributed by atoms with Crippen LogP contribution in [0.3, 0.4) is 0 Å². The van der Waals surface area contributed by atoms with E-state index in [1.54, 1.807) is 0 Å². The number of rotatable bonds is 2. The maximum Gasteiger partial charge on any atom is 0.251 e. The van der Waals surface area contributed by atoms with Crippen LogP contribution in [0.4, 0.5) is 0 Å². The topological polar surface area (TPSA) is 29.1 Å². The summed E-state index contributed by atoms with van der Waals surface area (Å²) < 4.78 is 0.593. The van der Waals surface area contributed by atoms with E-state index in [4.69, 9.17) is 0 Å². The molecule has 0 radical (unpaired) electrons. The fourth-order valence-corrected chi connectivity index (χ4v) is 2.90. The highest BCUT2D eigenvalue weighted by Crippen LogP contribution is 2.26. The summed E-state index contributed by atoms with van der Waals surface area (Å²) in [6, 6.07) is 9.78. The van der Waals surface area contributed by atoms with Gasteiger partial charge in [-0.1, -0.05) is 47.2 Å². The average molecular weight is 315 g/mol. The molecule has 1 fully saturated rings. The molecular formula is C12H14INO. The van der Waals surface area contributed by atoms with Gasteiger partial charge in [0.1, 0.15) is 0 Å². The molecule has 1 aromatic rings. The number of hydrogen-bond donors (Lipinski definition) is 1. The van der Waals surface area contributed by atoms with Gasteiger partial charge in [-0.15, -0.1) is 0 Å². The second kappa shape index (κ2) is 4.96. The van der Waals surface area contributed by atoms with Crippen molar-refractivity contribution in [2.45, 2.75) is 29.2 Å². The lowest BCUT2D eigenvalue weighted by atomic mass is 10.2. The molecule has 80 valence electrons. The van der Waals surface area contributed by atoms with Gasteiger partial charge in [0.15, 0.2) is 0 Å². The number of benzene rings is 1. The number of halogens is 1. The zero-order valence-electron chi connectivity index (χ0n) is 8.45. The molecule has 1 aliphatic rings. The number of carbonyl (C=O) groups excluding carboxylic acids is 1. The lowest BCUT2D eigenvalue weighted by Crippen LogP contribution is -2.37. The van der Waals surface area contributed by atoms with Gasteiger partial charge in [-0.25, -0.2) is 0 Å². The van der Waals surface area contributed by atoms with Crippen LogP contribution >= 0.6 is 22.6 Å². The maximum atomic E-state index is 11.8. The smallest absolute Gasteiger partial charge is 0.251 e. The van der Waals surface area contributed by atoms with Crippen molar-refractivity contribution in [2.75, 3.05) is 0 Å². The minimum atomic E-state index is 0.0594. The molecule has 0 heterocycles. The summed E-state index contributed by atoms with van der Waals surface area (Å²) in [6.45, 7) is 0. The standard InChI is InChI=1S/C12H14INO/c13-10-7-4-8-11(10)14-12(15)9-5-2-1-3-6-9/h1-3,5-6,10-11H,4,7-8H2,(H,14,15). The molecule has 1 N–H and O–H groups in total. The first kappa shape index (κ1) is 10.9. The van der Waals surface area contributed by atoms with E-state index >= 15 is 0 Å². The molecule has 1 amide bonds. The van der Waals surface area contributed by atoms with Gasteiger partial charge >= 0.3 is 0 Å². The third-order valence-corrected chi connectivity index (χ3v) is 4.28. The molecule has 2 atom stereocenters. The molecule has 0 spiro atoms. The lowest BCUT2D eigenvalue weighted by Gasteiger charge is -2.15. The van der Waals surface area contributed by atoms with E-state index < -0.39 is 0 Å². The van der Waals surface area contributed by atoms with Crippen molar-refractivity contribution in [1.82, 2.24) is 5.32 Å². The molecule has 0 saturated heterocycles. The second-order valence-electron chi connectivity index (χ2n) is 3.89. The van der Waals surface area contributed by atoms with Gasteiger partial charge in [0.2, 0.25) is 0 Å². The van der Waals surface area contributed by atoms with E-state index in [-0.39, 0.29) is 5.91 Å². The summed E-state index contributed by atoms with van der Waals surface area (Å²) in [5, 5.41) is 3.10. The molecule has 2 nitrogen and oxygen atoms in total. The molecule has 2 unspecified atom stereocenters. The van der Waals surface area contributed by atoms with E-state index in [9.17, 15) is 4.79 Å². The molecule has 3 heteroatoms. The Morgan fingerprint density at radius 2 is 2.00 bits per heavy atom. The second-order valence-corrected chi connectivity index (χ2v) is 5.49. The van der Waals surface area contributed by atoms with Gasteiger partial charge in [-0.2, -0.15) is 0 Å². The van der Waals surface area contributed by atoms with Crippen LogP contribution in [0.25, 0.3) is 0 Å². The molecule has 0 aromatic heterocycles. The fourth-order valence-electron chi connectivity index (χ4n) is 1.92. The van der Waals surface area contributed by atoms with E-state index in [1.165, 1.54) is 12.8 Å². The predicted octanol–water partition coefficient (Wildman–Crippen LogP) is 2.77. The third-order valence-electron chi connectivity index (χ3n) is 2.78. The zero-order chi connectivity index (χ0) is 10.7. The molecule has 1 aromatic carbocycles. The lowest BCUT2D eigenvalue weighted by molar-refractivity contribution is 0.0939. The monoisotopic (exact) mass is 315 g/mol. The van der Waals surface area contributed by atoms with Crippen LogP contribution in [-0.2, 0) is 0 Å². The Labute approximate surface area is 104 Å². The van der Waals surface area contributed by atoms with Crippen LogP contribution in [0.15, 0.2) is 30.3 Å². The highest BCUT2D eigenvalue weighted by Gasteiger charge is 2.26. The minimum Gasteiger partial charge on any atom is -0.348 e. The Morgan fingerprint density at radius 3 is 2.60 bits per heavy atom. The molecular weight excluding hydrogens is 301 g/mol. The van der Waals surface area contributed by atoms with Gasteiger partial charge in [-0.05, 0) is 25.0 Å². The number of amides is 1. The van der Waals surface area contributed by atoms with Crippen molar-refractivity contribution in [3.8, 4) is 0 Å². The van der Waals surface area contributed by atoms with Crippen LogP contribution in [-0.4, -0.2) is 15.9 Å². The zero-order valence-corrected chi connectivity index (χ0v) is 10.6. The molecule has 0 bridgehead atoms. The van der Waals surface area contributed by atoms with Crippen molar-refractivity contribution in [2.24, 2.45) is 0 Å². The van der Waals surface area contributed by atoms with Crippen molar-refractivity contribution >= 4 is 28.5 Å². The van der Waals surface area contributed by atoms with Crippen LogP contribution in [0.2, 0.25) is 0 Å². The Kier molecular flexibility index (Phi) is 3.61. The maximum absolute atomic E-state index is 11.8. The number of nitrogens with one attached hydrogen (secondary N) is 1. The van der Waals surface area contributed by atoms with Crippen LogP contribution < -0.4 is 5.32 Å². The van der Waals surface area contributed by atoms with Crippen molar-refractivity contribution in [1.29, 1.82) is 0 Å². The summed E-state index contributed by atoms with van der Waals surface area (Å²) >= 11 is 2.43. The van der Waals surface area contributed by atoms with Gasteiger partial charge in [0.05, 0.1) is 0 Å². The van der Waals surface area contributed by atoms with Crippen LogP contribution in [0.5, 0.6) is 0 Å². The summed E-state index contributed by atoms with van der Waals surface area (Å²) in [6.07, 6.45) is 3.57. The molecule has 1 aliphatic carbocycles. The summed E-state index contributed by atoms with van der Waals surface area (Å²) in [5.41, 5.74) is 0.757. The average Bonchev–Trinajstić information content (AvgIpc) is 2.66. The summed E-state index contributed by atoms with van der Waals surface area (Å²) in [7, 11) is 0. The third kappa shape index (κ3) is 2.71. The Hall–Kier alpha value is -0.580. The van der Waals surface area contributed by atoms with Gasteiger partial charge in [0.25, 0.3) is 5.91 Å². The molecule has 2 rings (SSSR count). The first-order valence-electron chi connectivity index (χ1n) is 5.27. The molecule has 1 saturated carbocycles. The van der Waals surface area contributed by atoms with E-state index in [2.05, 4.69) is 27.9 Å². The van der Waals surface area contributed by atoms with Gasteiger partial charge in [0, 0.05) is 15.5 Å². The molecule has 0 aliphatic heterocycles. The number of hydrogen-bond acceptors (Lipinski definition) is 1. The first-order chi connectivity index (χ1) is 7.27. The van der Waals surface area contributed by atoms with Crippen molar-refractivity contribution < 1.29 is 4.79 Å². The number of carbonyl (C=O) groups is 1. The first-order valence-corrected chi connectivity index (χ1v) is 6.52. The van der Waals surface area contributed by atoms with Gasteiger partial charge < -0.3 is 5.32 Å². The van der Waals surface area contributed by atoms with E-state index in [0.29, 0.717) is 9.97 Å². The largest absolute Gasteiger partial charge is 0.348 e. The Bertz CT molecular complexity index is 339. The van der Waals surface area contributed by atoms with Crippen LogP contribution in [0, 0.1) is 0 Å². The number of alkyl halides is 1. The Morgan fingerprint density at radius 1 is 1.27 bits per heavy atom. The SMILES string of the molecule is O=C(NC1CCCC1I)c1ccccc1. The fraction of sp³-hybridized carbons (Fsp3) is 0.417. The van der Waals surface area contributed by atoms with E-state index in [0.717, 1.165) is 12.0 Å². The van der Waals surface area contributed by atoms with Gasteiger partial charge in [-0.3, -0.25) is 4.79 Å². The predicted molar refractivity (Wildman–Crippen MR) is 69.4 cm³/mol.